The molecular weight excluding hydrogens is 371 g/mol. The number of thiazole rings is 1. The van der Waals surface area contributed by atoms with Gasteiger partial charge in [-0.1, -0.05) is 29.3 Å². The second kappa shape index (κ2) is 7.27. The van der Waals surface area contributed by atoms with E-state index < -0.39 is 0 Å². The fourth-order valence-corrected chi connectivity index (χ4v) is 3.56. The lowest BCUT2D eigenvalue weighted by Crippen LogP contribution is -2.07. The van der Waals surface area contributed by atoms with Crippen molar-refractivity contribution in [1.29, 1.82) is 0 Å². The van der Waals surface area contributed by atoms with E-state index in [9.17, 15) is 4.79 Å². The van der Waals surface area contributed by atoms with Crippen LogP contribution in [0.2, 0.25) is 10.0 Å². The highest BCUT2D eigenvalue weighted by atomic mass is 35.5. The summed E-state index contributed by atoms with van der Waals surface area (Å²) in [4.78, 5) is 17.3. The van der Waals surface area contributed by atoms with E-state index in [-0.39, 0.29) is 5.91 Å². The molecule has 0 saturated heterocycles. The van der Waals surface area contributed by atoms with Crippen LogP contribution in [0, 0.1) is 0 Å². The van der Waals surface area contributed by atoms with Gasteiger partial charge >= 0.3 is 0 Å². The summed E-state index contributed by atoms with van der Waals surface area (Å²) in [5.41, 5.74) is 1.42. The number of anilines is 1. The van der Waals surface area contributed by atoms with E-state index in [0.29, 0.717) is 20.9 Å². The second-order valence-electron chi connectivity index (χ2n) is 4.50. The Balaban J connectivity index is 1.72. The van der Waals surface area contributed by atoms with Gasteiger partial charge in [0.15, 0.2) is 5.13 Å². The summed E-state index contributed by atoms with van der Waals surface area (Å²) in [6, 6.07) is 9.07. The molecule has 3 rings (SSSR count). The number of carbonyl (C=O) groups is 1. The van der Waals surface area contributed by atoms with Crippen molar-refractivity contribution in [2.75, 3.05) is 5.32 Å². The maximum atomic E-state index is 11.9. The van der Waals surface area contributed by atoms with Gasteiger partial charge in [-0.2, -0.15) is 0 Å². The summed E-state index contributed by atoms with van der Waals surface area (Å²) in [7, 11) is 0. The maximum Gasteiger partial charge on any atom is 0.250 e. The van der Waals surface area contributed by atoms with Crippen LogP contribution in [-0.4, -0.2) is 10.9 Å². The Labute approximate surface area is 151 Å². The Bertz CT molecular complexity index is 857. The topological polar surface area (TPSA) is 42.0 Å². The van der Waals surface area contributed by atoms with E-state index in [0.717, 1.165) is 10.4 Å². The van der Waals surface area contributed by atoms with Gasteiger partial charge in [0, 0.05) is 26.9 Å². The molecule has 2 heterocycles. The summed E-state index contributed by atoms with van der Waals surface area (Å²) in [6.07, 6.45) is 3.25. The molecule has 116 valence electrons. The number of carbonyl (C=O) groups excluding carboxylic acids is 1. The lowest BCUT2D eigenvalue weighted by molar-refractivity contribution is -0.111. The average Bonchev–Trinajstić information content (AvgIpc) is 3.19. The normalized spacial score (nSPS) is 11.0. The number of thiophene rings is 1. The van der Waals surface area contributed by atoms with Gasteiger partial charge in [0.25, 0.3) is 0 Å². The largest absolute Gasteiger partial charge is 0.298 e. The predicted octanol–water partition coefficient (Wildman–Crippen LogP) is 5.83. The van der Waals surface area contributed by atoms with Crippen LogP contribution in [0.15, 0.2) is 47.2 Å². The highest BCUT2D eigenvalue weighted by Gasteiger charge is 2.10. The first-order valence-corrected chi connectivity index (χ1v) is 9.07. The molecule has 0 aliphatic carbocycles. The number of hydrogen-bond acceptors (Lipinski definition) is 4. The van der Waals surface area contributed by atoms with Crippen molar-refractivity contribution in [3.05, 3.63) is 62.1 Å². The Morgan fingerprint density at radius 1 is 1.22 bits per heavy atom. The Hall–Kier alpha value is -1.66. The third kappa shape index (κ3) is 4.20. The summed E-state index contributed by atoms with van der Waals surface area (Å²) in [5.74, 6) is -0.225. The van der Waals surface area contributed by atoms with E-state index in [1.807, 2.05) is 22.9 Å². The zero-order valence-electron chi connectivity index (χ0n) is 11.6. The van der Waals surface area contributed by atoms with Crippen molar-refractivity contribution in [2.24, 2.45) is 0 Å². The molecule has 0 spiro atoms. The van der Waals surface area contributed by atoms with Crippen LogP contribution in [0.1, 0.15) is 4.88 Å². The van der Waals surface area contributed by atoms with Gasteiger partial charge in [-0.25, -0.2) is 4.98 Å². The molecule has 3 nitrogen and oxygen atoms in total. The van der Waals surface area contributed by atoms with Gasteiger partial charge in [0.2, 0.25) is 5.91 Å². The number of halogens is 2. The van der Waals surface area contributed by atoms with Crippen LogP contribution in [-0.2, 0) is 4.79 Å². The Morgan fingerprint density at radius 2 is 2.09 bits per heavy atom. The molecule has 0 fully saturated rings. The van der Waals surface area contributed by atoms with Crippen LogP contribution in [0.5, 0.6) is 0 Å². The van der Waals surface area contributed by atoms with E-state index in [2.05, 4.69) is 10.3 Å². The van der Waals surface area contributed by atoms with Gasteiger partial charge in [-0.05, 0) is 35.7 Å². The van der Waals surface area contributed by atoms with Crippen LogP contribution >= 0.6 is 45.9 Å². The molecule has 1 N–H and O–H groups in total. The highest BCUT2D eigenvalue weighted by Crippen LogP contribution is 2.32. The van der Waals surface area contributed by atoms with Crippen molar-refractivity contribution in [3.63, 3.8) is 0 Å². The number of benzene rings is 1. The molecule has 0 unspecified atom stereocenters. The molecule has 3 aromatic rings. The molecule has 0 bridgehead atoms. The molecule has 23 heavy (non-hydrogen) atoms. The number of nitrogens with zero attached hydrogens (tertiary/aromatic N) is 1. The van der Waals surface area contributed by atoms with Crippen LogP contribution in [0.3, 0.4) is 0 Å². The first kappa shape index (κ1) is 16.2. The van der Waals surface area contributed by atoms with E-state index in [1.165, 1.54) is 17.4 Å². The minimum Gasteiger partial charge on any atom is -0.298 e. The molecule has 0 saturated carbocycles. The van der Waals surface area contributed by atoms with Crippen molar-refractivity contribution >= 4 is 63.0 Å². The molecule has 2 aromatic heterocycles. The SMILES string of the molecule is O=C(C=Cc1cccs1)Nc1nc(-c2cc(Cl)ccc2Cl)cs1. The van der Waals surface area contributed by atoms with E-state index >= 15 is 0 Å². The van der Waals surface area contributed by atoms with Crippen LogP contribution in [0.4, 0.5) is 5.13 Å². The molecule has 0 aliphatic rings. The lowest BCUT2D eigenvalue weighted by atomic mass is 10.2. The minimum absolute atomic E-state index is 0.225. The number of amides is 1. The zero-order chi connectivity index (χ0) is 16.2. The zero-order valence-corrected chi connectivity index (χ0v) is 14.8. The minimum atomic E-state index is -0.225. The standard InChI is InChI=1S/C16H10Cl2N2OS2/c17-10-3-5-13(18)12(8-10)14-9-23-16(19-14)20-15(21)6-4-11-2-1-7-22-11/h1-9H,(H,19,20,21). The number of hydrogen-bond donors (Lipinski definition) is 1. The van der Waals surface area contributed by atoms with Gasteiger partial charge in [0.05, 0.1) is 10.7 Å². The molecule has 1 aromatic carbocycles. The van der Waals surface area contributed by atoms with E-state index in [4.69, 9.17) is 23.2 Å². The van der Waals surface area contributed by atoms with Crippen molar-refractivity contribution in [3.8, 4) is 11.3 Å². The van der Waals surface area contributed by atoms with Crippen LogP contribution < -0.4 is 5.32 Å². The number of nitrogens with one attached hydrogen (secondary N) is 1. The maximum absolute atomic E-state index is 11.9. The third-order valence-electron chi connectivity index (χ3n) is 2.88. The Morgan fingerprint density at radius 3 is 2.87 bits per heavy atom. The number of aromatic nitrogens is 1. The monoisotopic (exact) mass is 380 g/mol. The molecular formula is C16H10Cl2N2OS2. The second-order valence-corrected chi connectivity index (χ2v) is 7.18. The van der Waals surface area contributed by atoms with Gasteiger partial charge < -0.3 is 0 Å². The average molecular weight is 381 g/mol. The first-order valence-electron chi connectivity index (χ1n) is 6.55. The van der Waals surface area contributed by atoms with Gasteiger partial charge in [0.1, 0.15) is 0 Å². The molecule has 0 aliphatic heterocycles. The predicted molar refractivity (Wildman–Crippen MR) is 99.6 cm³/mol. The fraction of sp³-hybridized carbons (Fsp3) is 0. The number of rotatable bonds is 4. The van der Waals surface area contributed by atoms with Gasteiger partial charge in [-0.3, -0.25) is 10.1 Å². The molecule has 7 heteroatoms. The fourth-order valence-electron chi connectivity index (χ4n) is 1.84. The molecule has 0 atom stereocenters. The Kier molecular flexibility index (Phi) is 5.13. The smallest absolute Gasteiger partial charge is 0.250 e. The summed E-state index contributed by atoms with van der Waals surface area (Å²) >= 11 is 15.1. The van der Waals surface area contributed by atoms with Crippen molar-refractivity contribution in [1.82, 2.24) is 4.98 Å². The highest BCUT2D eigenvalue weighted by molar-refractivity contribution is 7.14. The first-order chi connectivity index (χ1) is 11.1. The van der Waals surface area contributed by atoms with E-state index in [1.54, 1.807) is 35.6 Å². The third-order valence-corrected chi connectivity index (χ3v) is 5.04. The quantitative estimate of drug-likeness (QED) is 0.578. The summed E-state index contributed by atoms with van der Waals surface area (Å²) in [5, 5.41) is 8.19. The summed E-state index contributed by atoms with van der Waals surface area (Å²) in [6.45, 7) is 0. The lowest BCUT2D eigenvalue weighted by Gasteiger charge is -2.01. The van der Waals surface area contributed by atoms with Crippen molar-refractivity contribution in [2.45, 2.75) is 0 Å². The van der Waals surface area contributed by atoms with Crippen LogP contribution in [0.25, 0.3) is 17.3 Å². The van der Waals surface area contributed by atoms with Gasteiger partial charge in [-0.15, -0.1) is 22.7 Å². The molecule has 0 radical (unpaired) electrons. The summed E-state index contributed by atoms with van der Waals surface area (Å²) < 4.78 is 0. The molecule has 1 amide bonds. The van der Waals surface area contributed by atoms with Crippen molar-refractivity contribution < 1.29 is 4.79 Å².